The van der Waals surface area contributed by atoms with Crippen molar-refractivity contribution in [2.75, 3.05) is 36.3 Å². The van der Waals surface area contributed by atoms with Crippen LogP contribution in [0.3, 0.4) is 0 Å². The first-order chi connectivity index (χ1) is 14.0. The van der Waals surface area contributed by atoms with Crippen molar-refractivity contribution in [1.82, 2.24) is 0 Å². The van der Waals surface area contributed by atoms with Crippen LogP contribution >= 0.6 is 0 Å². The SMILES string of the molecule is COC(=O)CC1=CC(=O)N(CC(=O)Nc2ccc(OC)cc2)c2ccccc2N1. The van der Waals surface area contributed by atoms with Gasteiger partial charge in [0.2, 0.25) is 5.91 Å². The topological polar surface area (TPSA) is 97.0 Å². The van der Waals surface area contributed by atoms with Gasteiger partial charge in [0.25, 0.3) is 5.91 Å². The highest BCUT2D eigenvalue weighted by Crippen LogP contribution is 2.30. The molecule has 1 heterocycles. The summed E-state index contributed by atoms with van der Waals surface area (Å²) in [5.74, 6) is -0.567. The third-order valence-corrected chi connectivity index (χ3v) is 4.29. The zero-order valence-electron chi connectivity index (χ0n) is 16.1. The van der Waals surface area contributed by atoms with Crippen LogP contribution in [0.2, 0.25) is 0 Å². The lowest BCUT2D eigenvalue weighted by atomic mass is 10.2. The molecule has 0 fully saturated rings. The average molecular weight is 395 g/mol. The molecule has 1 aliphatic heterocycles. The van der Waals surface area contributed by atoms with Crippen molar-refractivity contribution in [2.45, 2.75) is 6.42 Å². The lowest BCUT2D eigenvalue weighted by Crippen LogP contribution is -2.37. The molecule has 8 heteroatoms. The van der Waals surface area contributed by atoms with Gasteiger partial charge in [-0.15, -0.1) is 0 Å². The Morgan fingerprint density at radius 1 is 1.07 bits per heavy atom. The van der Waals surface area contributed by atoms with Crippen LogP contribution in [-0.2, 0) is 19.1 Å². The molecule has 2 aromatic carbocycles. The van der Waals surface area contributed by atoms with Gasteiger partial charge in [0.15, 0.2) is 0 Å². The van der Waals surface area contributed by atoms with E-state index in [4.69, 9.17) is 4.74 Å². The number of carbonyl (C=O) groups is 3. The summed E-state index contributed by atoms with van der Waals surface area (Å²) in [5.41, 5.74) is 2.14. The van der Waals surface area contributed by atoms with Gasteiger partial charge < -0.3 is 20.1 Å². The van der Waals surface area contributed by atoms with E-state index in [2.05, 4.69) is 15.4 Å². The molecule has 0 unspecified atom stereocenters. The molecule has 1 aliphatic rings. The van der Waals surface area contributed by atoms with Gasteiger partial charge in [0, 0.05) is 17.5 Å². The first-order valence-electron chi connectivity index (χ1n) is 8.89. The van der Waals surface area contributed by atoms with Gasteiger partial charge in [-0.25, -0.2) is 0 Å². The molecule has 150 valence electrons. The fraction of sp³-hybridized carbons (Fsp3) is 0.190. The lowest BCUT2D eigenvalue weighted by molar-refractivity contribution is -0.139. The van der Waals surface area contributed by atoms with E-state index in [1.165, 1.54) is 18.1 Å². The van der Waals surface area contributed by atoms with E-state index in [1.54, 1.807) is 55.6 Å². The fourth-order valence-electron chi connectivity index (χ4n) is 2.87. The number of hydrogen-bond acceptors (Lipinski definition) is 6. The standard InChI is InChI=1S/C21H21N3O5/c1-28-16-9-7-14(8-10-16)23-19(25)13-24-18-6-4-3-5-17(18)22-15(11-20(24)26)12-21(27)29-2/h3-11,22H,12-13H2,1-2H3,(H,23,25). The Balaban J connectivity index is 1.80. The Bertz CT molecular complexity index is 953. The van der Waals surface area contributed by atoms with Crippen LogP contribution < -0.4 is 20.3 Å². The van der Waals surface area contributed by atoms with Crippen molar-refractivity contribution in [3.8, 4) is 5.75 Å². The summed E-state index contributed by atoms with van der Waals surface area (Å²) < 4.78 is 9.77. The highest BCUT2D eigenvalue weighted by molar-refractivity contribution is 6.10. The Kier molecular flexibility index (Phi) is 6.13. The first-order valence-corrected chi connectivity index (χ1v) is 8.89. The molecule has 2 amide bonds. The van der Waals surface area contributed by atoms with Gasteiger partial charge in [-0.05, 0) is 36.4 Å². The van der Waals surface area contributed by atoms with Crippen molar-refractivity contribution in [1.29, 1.82) is 0 Å². The van der Waals surface area contributed by atoms with E-state index >= 15 is 0 Å². The molecule has 0 saturated carbocycles. The number of methoxy groups -OCH3 is 2. The van der Waals surface area contributed by atoms with Crippen molar-refractivity contribution in [3.05, 3.63) is 60.3 Å². The summed E-state index contributed by atoms with van der Waals surface area (Å²) in [5, 5.41) is 5.83. The predicted molar refractivity (Wildman–Crippen MR) is 109 cm³/mol. The molecular weight excluding hydrogens is 374 g/mol. The molecule has 2 N–H and O–H groups in total. The molecule has 0 aliphatic carbocycles. The number of anilines is 3. The van der Waals surface area contributed by atoms with Gasteiger partial charge in [0.05, 0.1) is 32.0 Å². The van der Waals surface area contributed by atoms with Crippen LogP contribution in [0.25, 0.3) is 0 Å². The minimum atomic E-state index is -0.472. The number of nitrogens with one attached hydrogen (secondary N) is 2. The van der Waals surface area contributed by atoms with Crippen LogP contribution in [0.1, 0.15) is 6.42 Å². The van der Waals surface area contributed by atoms with Gasteiger partial charge in [-0.3, -0.25) is 19.3 Å². The summed E-state index contributed by atoms with van der Waals surface area (Å²) >= 11 is 0. The number of esters is 1. The van der Waals surface area contributed by atoms with Crippen molar-refractivity contribution in [3.63, 3.8) is 0 Å². The van der Waals surface area contributed by atoms with Crippen LogP contribution in [0.15, 0.2) is 60.3 Å². The van der Waals surface area contributed by atoms with E-state index < -0.39 is 11.9 Å². The maximum Gasteiger partial charge on any atom is 0.311 e. The average Bonchev–Trinajstić information content (AvgIpc) is 2.84. The molecular formula is C21H21N3O5. The van der Waals surface area contributed by atoms with Gasteiger partial charge in [-0.2, -0.15) is 0 Å². The summed E-state index contributed by atoms with van der Waals surface area (Å²) in [6.07, 6.45) is 1.22. The molecule has 0 atom stereocenters. The van der Waals surface area contributed by atoms with Crippen LogP contribution in [0.4, 0.5) is 17.1 Å². The smallest absolute Gasteiger partial charge is 0.311 e. The van der Waals surface area contributed by atoms with E-state index in [0.29, 0.717) is 28.5 Å². The second kappa shape index (κ2) is 8.92. The zero-order chi connectivity index (χ0) is 20.8. The fourth-order valence-corrected chi connectivity index (χ4v) is 2.87. The highest BCUT2D eigenvalue weighted by atomic mass is 16.5. The predicted octanol–water partition coefficient (Wildman–Crippen LogP) is 2.54. The molecule has 0 saturated heterocycles. The second-order valence-electron chi connectivity index (χ2n) is 6.27. The van der Waals surface area contributed by atoms with Crippen LogP contribution in [0.5, 0.6) is 5.75 Å². The number of amides is 2. The maximum absolute atomic E-state index is 12.8. The monoisotopic (exact) mass is 395 g/mol. The number of rotatable bonds is 6. The van der Waals surface area contributed by atoms with Gasteiger partial charge in [0.1, 0.15) is 12.3 Å². The van der Waals surface area contributed by atoms with E-state index in [1.807, 2.05) is 0 Å². The quantitative estimate of drug-likeness (QED) is 0.730. The normalized spacial score (nSPS) is 12.8. The molecule has 0 aromatic heterocycles. The number of fused-ring (bicyclic) bond motifs is 1. The summed E-state index contributed by atoms with van der Waals surface area (Å²) in [6.45, 7) is -0.189. The third kappa shape index (κ3) is 4.92. The van der Waals surface area contributed by atoms with Crippen molar-refractivity contribution < 1.29 is 23.9 Å². The lowest BCUT2D eigenvalue weighted by Gasteiger charge is -2.21. The molecule has 29 heavy (non-hydrogen) atoms. The van der Waals surface area contributed by atoms with Crippen LogP contribution in [0, 0.1) is 0 Å². The van der Waals surface area contributed by atoms with E-state index in [9.17, 15) is 14.4 Å². The van der Waals surface area contributed by atoms with Gasteiger partial charge >= 0.3 is 5.97 Å². The molecule has 0 bridgehead atoms. The number of hydrogen-bond donors (Lipinski definition) is 2. The Labute approximate surface area is 168 Å². The second-order valence-corrected chi connectivity index (χ2v) is 6.27. The first kappa shape index (κ1) is 19.9. The Morgan fingerprint density at radius 3 is 2.48 bits per heavy atom. The largest absolute Gasteiger partial charge is 0.497 e. The zero-order valence-corrected chi connectivity index (χ0v) is 16.1. The number of benzene rings is 2. The van der Waals surface area contributed by atoms with Crippen molar-refractivity contribution in [2.24, 2.45) is 0 Å². The van der Waals surface area contributed by atoms with Gasteiger partial charge in [-0.1, -0.05) is 12.1 Å². The number of ether oxygens (including phenoxy) is 2. The van der Waals surface area contributed by atoms with E-state index in [0.717, 1.165) is 0 Å². The Morgan fingerprint density at radius 2 is 1.79 bits per heavy atom. The number of para-hydroxylation sites is 2. The minimum Gasteiger partial charge on any atom is -0.497 e. The van der Waals surface area contributed by atoms with Crippen molar-refractivity contribution >= 4 is 34.8 Å². The minimum absolute atomic E-state index is 0.0809. The van der Waals surface area contributed by atoms with E-state index in [-0.39, 0.29) is 18.9 Å². The highest BCUT2D eigenvalue weighted by Gasteiger charge is 2.25. The van der Waals surface area contributed by atoms with Crippen LogP contribution in [-0.4, -0.2) is 38.5 Å². The Hall–Kier alpha value is -3.81. The summed E-state index contributed by atoms with van der Waals surface area (Å²) in [7, 11) is 2.84. The molecule has 3 rings (SSSR count). The molecule has 0 spiro atoms. The molecule has 2 aromatic rings. The molecule has 8 nitrogen and oxygen atoms in total. The summed E-state index contributed by atoms with van der Waals surface area (Å²) in [6, 6.07) is 14.0. The number of carbonyl (C=O) groups excluding carboxylic acids is 3. The third-order valence-electron chi connectivity index (χ3n) is 4.29. The number of nitrogens with zero attached hydrogens (tertiary/aromatic N) is 1. The molecule has 0 radical (unpaired) electrons. The maximum atomic E-state index is 12.8. The summed E-state index contributed by atoms with van der Waals surface area (Å²) in [4.78, 5) is 38.3.